The molecule has 0 heterocycles. The zero-order valence-corrected chi connectivity index (χ0v) is 9.06. The van der Waals surface area contributed by atoms with Gasteiger partial charge in [0.25, 0.3) is 0 Å². The van der Waals surface area contributed by atoms with E-state index in [1.165, 1.54) is 5.56 Å². The van der Waals surface area contributed by atoms with Gasteiger partial charge in [0, 0.05) is 5.92 Å². The van der Waals surface area contributed by atoms with E-state index >= 15 is 0 Å². The van der Waals surface area contributed by atoms with Crippen LogP contribution in [0.2, 0.25) is 0 Å². The van der Waals surface area contributed by atoms with Gasteiger partial charge in [-0.25, -0.2) is 0 Å². The van der Waals surface area contributed by atoms with Gasteiger partial charge < -0.3 is 9.84 Å². The van der Waals surface area contributed by atoms with Gasteiger partial charge in [-0.1, -0.05) is 24.6 Å². The Bertz CT molecular complexity index is 316. The molecule has 0 fully saturated rings. The molecule has 1 atom stereocenters. The van der Waals surface area contributed by atoms with Gasteiger partial charge in [-0.2, -0.15) is 0 Å². The summed E-state index contributed by atoms with van der Waals surface area (Å²) in [7, 11) is 0. The number of hydrogen-bond acceptors (Lipinski definition) is 2. The van der Waals surface area contributed by atoms with Crippen molar-refractivity contribution in [1.29, 1.82) is 0 Å². The zero-order valence-electron chi connectivity index (χ0n) is 9.06. The standard InChI is InChI=1S/C12H16O3/c1-9-3-5-11(6-4-9)15-8-10(2)7-12(13)14/h3-6,10H,7-8H2,1-2H3,(H,13,14). The third-order valence-corrected chi connectivity index (χ3v) is 2.08. The molecule has 0 spiro atoms. The van der Waals surface area contributed by atoms with Crippen LogP contribution in [0.15, 0.2) is 24.3 Å². The van der Waals surface area contributed by atoms with E-state index in [-0.39, 0.29) is 12.3 Å². The molecule has 15 heavy (non-hydrogen) atoms. The SMILES string of the molecule is Cc1ccc(OCC(C)CC(=O)O)cc1. The Hall–Kier alpha value is -1.51. The van der Waals surface area contributed by atoms with Crippen LogP contribution in [0.25, 0.3) is 0 Å². The predicted molar refractivity (Wildman–Crippen MR) is 58.1 cm³/mol. The fourth-order valence-corrected chi connectivity index (χ4v) is 1.23. The summed E-state index contributed by atoms with van der Waals surface area (Å²) in [5.74, 6) is 0.0386. The number of aliphatic carboxylic acids is 1. The minimum Gasteiger partial charge on any atom is -0.493 e. The van der Waals surface area contributed by atoms with Crippen molar-refractivity contribution < 1.29 is 14.6 Å². The van der Waals surface area contributed by atoms with Crippen LogP contribution in [0.4, 0.5) is 0 Å². The van der Waals surface area contributed by atoms with Crippen molar-refractivity contribution in [2.45, 2.75) is 20.3 Å². The van der Waals surface area contributed by atoms with Gasteiger partial charge in [0.2, 0.25) is 0 Å². The molecule has 0 aliphatic heterocycles. The first kappa shape index (κ1) is 11.6. The van der Waals surface area contributed by atoms with E-state index in [0.717, 1.165) is 5.75 Å². The molecule has 0 aliphatic rings. The van der Waals surface area contributed by atoms with E-state index in [1.807, 2.05) is 38.1 Å². The number of ether oxygens (including phenoxy) is 1. The summed E-state index contributed by atoms with van der Waals surface area (Å²) >= 11 is 0. The van der Waals surface area contributed by atoms with E-state index in [0.29, 0.717) is 6.61 Å². The second-order valence-corrected chi connectivity index (χ2v) is 3.83. The molecule has 0 aliphatic carbocycles. The van der Waals surface area contributed by atoms with Crippen LogP contribution in [-0.4, -0.2) is 17.7 Å². The van der Waals surface area contributed by atoms with E-state index in [9.17, 15) is 4.79 Å². The molecule has 3 heteroatoms. The highest BCUT2D eigenvalue weighted by Gasteiger charge is 2.07. The minimum absolute atomic E-state index is 0.0313. The maximum atomic E-state index is 10.4. The average Bonchev–Trinajstić information content (AvgIpc) is 2.16. The lowest BCUT2D eigenvalue weighted by Crippen LogP contribution is -2.12. The number of hydrogen-bond donors (Lipinski definition) is 1. The fraction of sp³-hybridized carbons (Fsp3) is 0.417. The van der Waals surface area contributed by atoms with Gasteiger partial charge in [-0.05, 0) is 19.1 Å². The van der Waals surface area contributed by atoms with Crippen molar-refractivity contribution >= 4 is 5.97 Å². The lowest BCUT2D eigenvalue weighted by atomic mass is 10.1. The van der Waals surface area contributed by atoms with Crippen molar-refractivity contribution in [2.75, 3.05) is 6.61 Å². The van der Waals surface area contributed by atoms with Gasteiger partial charge in [0.05, 0.1) is 13.0 Å². The topological polar surface area (TPSA) is 46.5 Å². The second kappa shape index (κ2) is 5.39. The van der Waals surface area contributed by atoms with Crippen molar-refractivity contribution in [2.24, 2.45) is 5.92 Å². The number of aryl methyl sites for hydroxylation is 1. The summed E-state index contributed by atoms with van der Waals surface area (Å²) in [6, 6.07) is 7.72. The number of benzene rings is 1. The van der Waals surface area contributed by atoms with Gasteiger partial charge in [0.1, 0.15) is 5.75 Å². The van der Waals surface area contributed by atoms with Crippen LogP contribution >= 0.6 is 0 Å². The fourth-order valence-electron chi connectivity index (χ4n) is 1.23. The normalized spacial score (nSPS) is 12.1. The predicted octanol–water partition coefficient (Wildman–Crippen LogP) is 2.48. The third kappa shape index (κ3) is 4.49. The quantitative estimate of drug-likeness (QED) is 0.808. The Balaban J connectivity index is 2.36. The largest absolute Gasteiger partial charge is 0.493 e. The Labute approximate surface area is 89.7 Å². The monoisotopic (exact) mass is 208 g/mol. The van der Waals surface area contributed by atoms with E-state index in [4.69, 9.17) is 9.84 Å². The van der Waals surface area contributed by atoms with Crippen molar-refractivity contribution in [3.05, 3.63) is 29.8 Å². The molecule has 3 nitrogen and oxygen atoms in total. The molecule has 0 amide bonds. The summed E-state index contributed by atoms with van der Waals surface area (Å²) in [5.41, 5.74) is 1.18. The lowest BCUT2D eigenvalue weighted by Gasteiger charge is -2.10. The number of carbonyl (C=O) groups is 1. The molecule has 0 aromatic heterocycles. The molecule has 1 N–H and O–H groups in total. The van der Waals surface area contributed by atoms with Gasteiger partial charge in [-0.3, -0.25) is 4.79 Å². The summed E-state index contributed by atoms with van der Waals surface area (Å²) in [6.07, 6.45) is 0.145. The van der Waals surface area contributed by atoms with Crippen LogP contribution in [0.5, 0.6) is 5.75 Å². The molecule has 0 radical (unpaired) electrons. The van der Waals surface area contributed by atoms with Crippen LogP contribution < -0.4 is 4.74 Å². The number of rotatable bonds is 5. The first-order valence-electron chi connectivity index (χ1n) is 4.99. The van der Waals surface area contributed by atoms with Crippen LogP contribution in [-0.2, 0) is 4.79 Å². The van der Waals surface area contributed by atoms with Gasteiger partial charge in [-0.15, -0.1) is 0 Å². The third-order valence-electron chi connectivity index (χ3n) is 2.08. The Morgan fingerprint density at radius 2 is 2.00 bits per heavy atom. The van der Waals surface area contributed by atoms with Crippen LogP contribution in [0.3, 0.4) is 0 Å². The molecule has 1 aromatic carbocycles. The summed E-state index contributed by atoms with van der Waals surface area (Å²) in [6.45, 7) is 4.31. The van der Waals surface area contributed by atoms with E-state index in [2.05, 4.69) is 0 Å². The van der Waals surface area contributed by atoms with Gasteiger partial charge in [0.15, 0.2) is 0 Å². The maximum Gasteiger partial charge on any atom is 0.303 e. The van der Waals surface area contributed by atoms with Gasteiger partial charge >= 0.3 is 5.97 Å². The molecule has 0 saturated carbocycles. The smallest absolute Gasteiger partial charge is 0.303 e. The average molecular weight is 208 g/mol. The summed E-state index contributed by atoms with van der Waals surface area (Å²) < 4.78 is 5.46. The Kier molecular flexibility index (Phi) is 4.16. The highest BCUT2D eigenvalue weighted by Crippen LogP contribution is 2.13. The summed E-state index contributed by atoms with van der Waals surface area (Å²) in [4.78, 5) is 10.4. The molecule has 0 saturated heterocycles. The Morgan fingerprint density at radius 1 is 1.40 bits per heavy atom. The van der Waals surface area contributed by atoms with Crippen LogP contribution in [0.1, 0.15) is 18.9 Å². The molecule has 0 bridgehead atoms. The van der Waals surface area contributed by atoms with E-state index < -0.39 is 5.97 Å². The van der Waals surface area contributed by atoms with Crippen molar-refractivity contribution in [1.82, 2.24) is 0 Å². The maximum absolute atomic E-state index is 10.4. The number of carboxylic acids is 1. The highest BCUT2D eigenvalue weighted by molar-refractivity contribution is 5.66. The number of carboxylic acid groups (broad SMARTS) is 1. The first-order valence-corrected chi connectivity index (χ1v) is 4.99. The molecular formula is C12H16O3. The van der Waals surface area contributed by atoms with Crippen molar-refractivity contribution in [3.8, 4) is 5.75 Å². The first-order chi connectivity index (χ1) is 7.08. The minimum atomic E-state index is -0.782. The lowest BCUT2D eigenvalue weighted by molar-refractivity contribution is -0.138. The summed E-state index contributed by atoms with van der Waals surface area (Å²) in [5, 5.41) is 8.56. The molecular weight excluding hydrogens is 192 g/mol. The Morgan fingerprint density at radius 3 is 2.53 bits per heavy atom. The van der Waals surface area contributed by atoms with E-state index in [1.54, 1.807) is 0 Å². The van der Waals surface area contributed by atoms with Crippen molar-refractivity contribution in [3.63, 3.8) is 0 Å². The van der Waals surface area contributed by atoms with Crippen LogP contribution in [0, 0.1) is 12.8 Å². The molecule has 82 valence electrons. The molecule has 1 rings (SSSR count). The second-order valence-electron chi connectivity index (χ2n) is 3.83. The zero-order chi connectivity index (χ0) is 11.3. The highest BCUT2D eigenvalue weighted by atomic mass is 16.5. The molecule has 1 aromatic rings. The molecule has 1 unspecified atom stereocenters.